The zero-order valence-electron chi connectivity index (χ0n) is 22.6. The number of likely N-dealkylation sites (tertiary alicyclic amines) is 1. The summed E-state index contributed by atoms with van der Waals surface area (Å²) >= 11 is 0. The Hall–Kier alpha value is -2.73. The molecule has 1 heterocycles. The standard InChI is InChI=1S/C25H46N6O6/c1-15(2)12-17(14-21(32)30-37)23(34)29-19(13-16(3)4)25(36)31-11-7-9-20(31)24(35)28-18(22(27)33)8-5-6-10-26/h15-20,37H,5-14,26H2,1-4H3,(H2,27,33)(H,28,35)(H,29,34)(H,30,32)/t17-,18+,19+,20+/m1/s1. The van der Waals surface area contributed by atoms with Crippen LogP contribution >= 0.6 is 0 Å². The Labute approximate surface area is 219 Å². The molecule has 0 aromatic carbocycles. The summed E-state index contributed by atoms with van der Waals surface area (Å²) in [6.07, 6.45) is 3.26. The maximum Gasteiger partial charge on any atom is 0.245 e. The van der Waals surface area contributed by atoms with Gasteiger partial charge in [0.2, 0.25) is 29.5 Å². The SMILES string of the molecule is CC(C)C[C@H](CC(=O)NO)C(=O)N[C@@H](CC(C)C)C(=O)N1CCC[C@H]1C(=O)N[C@@H](CCCCN)C(N)=O. The van der Waals surface area contributed by atoms with E-state index >= 15 is 0 Å². The highest BCUT2D eigenvalue weighted by Crippen LogP contribution is 2.22. The maximum atomic E-state index is 13.6. The van der Waals surface area contributed by atoms with E-state index in [0.717, 1.165) is 0 Å². The first-order valence-corrected chi connectivity index (χ1v) is 13.2. The third kappa shape index (κ3) is 11.0. The number of hydroxylamine groups is 1. The predicted molar refractivity (Wildman–Crippen MR) is 138 cm³/mol. The van der Waals surface area contributed by atoms with Crippen LogP contribution in [-0.4, -0.2) is 70.9 Å². The minimum absolute atomic E-state index is 0.0650. The van der Waals surface area contributed by atoms with Crippen LogP contribution in [0.5, 0.6) is 0 Å². The van der Waals surface area contributed by atoms with Gasteiger partial charge < -0.3 is 27.0 Å². The fourth-order valence-corrected chi connectivity index (χ4v) is 4.65. The topological polar surface area (TPSA) is 197 Å². The summed E-state index contributed by atoms with van der Waals surface area (Å²) in [5, 5.41) is 14.4. The summed E-state index contributed by atoms with van der Waals surface area (Å²) in [5.41, 5.74) is 12.5. The number of carbonyl (C=O) groups excluding carboxylic acids is 5. The molecule has 0 aromatic rings. The molecule has 1 saturated heterocycles. The van der Waals surface area contributed by atoms with Gasteiger partial charge in [-0.2, -0.15) is 0 Å². The molecule has 212 valence electrons. The number of hydrogen-bond donors (Lipinski definition) is 6. The van der Waals surface area contributed by atoms with Gasteiger partial charge in [-0.05, 0) is 63.3 Å². The van der Waals surface area contributed by atoms with Gasteiger partial charge >= 0.3 is 0 Å². The molecule has 8 N–H and O–H groups in total. The van der Waals surface area contributed by atoms with E-state index in [-0.39, 0.29) is 24.2 Å². The van der Waals surface area contributed by atoms with E-state index in [2.05, 4.69) is 10.6 Å². The summed E-state index contributed by atoms with van der Waals surface area (Å²) < 4.78 is 0. The van der Waals surface area contributed by atoms with Crippen LogP contribution in [0.25, 0.3) is 0 Å². The minimum atomic E-state index is -0.885. The highest BCUT2D eigenvalue weighted by molar-refractivity contribution is 5.95. The van der Waals surface area contributed by atoms with E-state index in [0.29, 0.717) is 58.0 Å². The Kier molecular flexibility index (Phi) is 14.1. The van der Waals surface area contributed by atoms with Gasteiger partial charge in [0.25, 0.3) is 0 Å². The lowest BCUT2D eigenvalue weighted by molar-refractivity contribution is -0.143. The van der Waals surface area contributed by atoms with Gasteiger partial charge in [-0.15, -0.1) is 0 Å². The lowest BCUT2D eigenvalue weighted by Gasteiger charge is -2.31. The molecular formula is C25H46N6O6. The molecule has 37 heavy (non-hydrogen) atoms. The van der Waals surface area contributed by atoms with E-state index in [1.54, 1.807) is 5.48 Å². The Morgan fingerprint density at radius 2 is 1.62 bits per heavy atom. The zero-order valence-corrected chi connectivity index (χ0v) is 22.6. The van der Waals surface area contributed by atoms with Crippen molar-refractivity contribution in [2.24, 2.45) is 29.2 Å². The summed E-state index contributed by atoms with van der Waals surface area (Å²) in [4.78, 5) is 64.8. The summed E-state index contributed by atoms with van der Waals surface area (Å²) in [6.45, 7) is 8.48. The Balaban J connectivity index is 3.02. The fourth-order valence-electron chi connectivity index (χ4n) is 4.65. The average molecular weight is 527 g/mol. The smallest absolute Gasteiger partial charge is 0.245 e. The van der Waals surface area contributed by atoms with Gasteiger partial charge in [-0.1, -0.05) is 27.7 Å². The van der Waals surface area contributed by atoms with Gasteiger partial charge in [-0.3, -0.25) is 29.2 Å². The van der Waals surface area contributed by atoms with Crippen molar-refractivity contribution in [1.82, 2.24) is 21.0 Å². The molecule has 12 nitrogen and oxygen atoms in total. The summed E-state index contributed by atoms with van der Waals surface area (Å²) in [5.74, 6) is -3.16. The van der Waals surface area contributed by atoms with Crippen molar-refractivity contribution in [1.29, 1.82) is 0 Å². The molecule has 0 aromatic heterocycles. The third-order valence-corrected chi connectivity index (χ3v) is 6.45. The van der Waals surface area contributed by atoms with E-state index < -0.39 is 47.7 Å². The quantitative estimate of drug-likeness (QED) is 0.0935. The van der Waals surface area contributed by atoms with Crippen LogP contribution in [0.2, 0.25) is 0 Å². The van der Waals surface area contributed by atoms with Crippen LogP contribution in [0, 0.1) is 17.8 Å². The molecule has 0 saturated carbocycles. The molecule has 0 bridgehead atoms. The average Bonchev–Trinajstić information content (AvgIpc) is 3.31. The van der Waals surface area contributed by atoms with Gasteiger partial charge in [-0.25, -0.2) is 5.48 Å². The van der Waals surface area contributed by atoms with Crippen molar-refractivity contribution in [2.75, 3.05) is 13.1 Å². The largest absolute Gasteiger partial charge is 0.368 e. The van der Waals surface area contributed by atoms with Crippen LogP contribution in [-0.2, 0) is 24.0 Å². The normalized spacial score (nSPS) is 17.8. The van der Waals surface area contributed by atoms with Crippen LogP contribution in [0.15, 0.2) is 0 Å². The molecule has 1 aliphatic rings. The molecule has 5 amide bonds. The number of hydrogen-bond acceptors (Lipinski definition) is 7. The second-order valence-electron chi connectivity index (χ2n) is 10.7. The van der Waals surface area contributed by atoms with E-state index in [1.807, 2.05) is 27.7 Å². The fraction of sp³-hybridized carbons (Fsp3) is 0.800. The summed E-state index contributed by atoms with van der Waals surface area (Å²) in [6, 6.07) is -2.51. The molecule has 1 rings (SSSR count). The molecule has 0 unspecified atom stereocenters. The predicted octanol–water partition coefficient (Wildman–Crippen LogP) is 0.165. The van der Waals surface area contributed by atoms with Gasteiger partial charge in [0, 0.05) is 18.9 Å². The maximum absolute atomic E-state index is 13.6. The van der Waals surface area contributed by atoms with Crippen LogP contribution < -0.4 is 27.6 Å². The molecular weight excluding hydrogens is 480 g/mol. The van der Waals surface area contributed by atoms with Crippen molar-refractivity contribution >= 4 is 29.5 Å². The van der Waals surface area contributed by atoms with Gasteiger partial charge in [0.05, 0.1) is 0 Å². The number of nitrogens with two attached hydrogens (primary N) is 2. The minimum Gasteiger partial charge on any atom is -0.368 e. The van der Waals surface area contributed by atoms with Crippen molar-refractivity contribution in [3.63, 3.8) is 0 Å². The van der Waals surface area contributed by atoms with E-state index in [9.17, 15) is 24.0 Å². The molecule has 0 aliphatic carbocycles. The van der Waals surface area contributed by atoms with Crippen LogP contribution in [0.1, 0.15) is 79.1 Å². The second-order valence-corrected chi connectivity index (χ2v) is 10.7. The highest BCUT2D eigenvalue weighted by Gasteiger charge is 2.39. The van der Waals surface area contributed by atoms with E-state index in [4.69, 9.17) is 16.7 Å². The highest BCUT2D eigenvalue weighted by atomic mass is 16.5. The molecule has 4 atom stereocenters. The molecule has 0 radical (unpaired) electrons. The van der Waals surface area contributed by atoms with Crippen molar-refractivity contribution in [3.8, 4) is 0 Å². The first kappa shape index (κ1) is 32.3. The second kappa shape index (κ2) is 16.2. The number of rotatable bonds is 16. The number of primary amides is 1. The molecule has 12 heteroatoms. The monoisotopic (exact) mass is 526 g/mol. The first-order valence-electron chi connectivity index (χ1n) is 13.2. The van der Waals surface area contributed by atoms with Crippen LogP contribution in [0.3, 0.4) is 0 Å². The lowest BCUT2D eigenvalue weighted by atomic mass is 9.92. The molecule has 1 aliphatic heterocycles. The summed E-state index contributed by atoms with van der Waals surface area (Å²) in [7, 11) is 0. The van der Waals surface area contributed by atoms with Crippen molar-refractivity contribution < 1.29 is 29.2 Å². The third-order valence-electron chi connectivity index (χ3n) is 6.45. The molecule has 0 spiro atoms. The number of amides is 5. The Morgan fingerprint density at radius 3 is 2.16 bits per heavy atom. The first-order chi connectivity index (χ1) is 17.4. The number of unbranched alkanes of at least 4 members (excludes halogenated alkanes) is 1. The van der Waals surface area contributed by atoms with Gasteiger partial charge in [0.1, 0.15) is 18.1 Å². The van der Waals surface area contributed by atoms with Crippen molar-refractivity contribution in [2.45, 2.75) is 97.2 Å². The molecule has 1 fully saturated rings. The lowest BCUT2D eigenvalue weighted by Crippen LogP contribution is -2.56. The van der Waals surface area contributed by atoms with Gasteiger partial charge in [0.15, 0.2) is 0 Å². The number of nitrogens with one attached hydrogen (secondary N) is 3. The number of carbonyl (C=O) groups is 5. The zero-order chi connectivity index (χ0) is 28.1. The Morgan fingerprint density at radius 1 is 0.973 bits per heavy atom. The van der Waals surface area contributed by atoms with E-state index in [1.165, 1.54) is 4.90 Å². The van der Waals surface area contributed by atoms with Crippen molar-refractivity contribution in [3.05, 3.63) is 0 Å². The Bertz CT molecular complexity index is 790. The van der Waals surface area contributed by atoms with Crippen LogP contribution in [0.4, 0.5) is 0 Å². The number of nitrogens with zero attached hydrogens (tertiary/aromatic N) is 1.